The summed E-state index contributed by atoms with van der Waals surface area (Å²) in [6, 6.07) is 0. The average molecular weight is 289 g/mol. The lowest BCUT2D eigenvalue weighted by molar-refractivity contribution is 0.0488. The standard InChI is InChI=1S/C9H13FN5O3P/c10-1-6(18-5-19(16)17)2-15-4-14-7-8(11)12-3-13-9(7)15/h3-4,6,16-17H,1-2,5H2,(H2,11,12,13). The molecule has 0 saturated heterocycles. The number of nitrogens with zero attached hydrogens (tertiary/aromatic N) is 4. The number of rotatable bonds is 6. The van der Waals surface area contributed by atoms with E-state index in [1.807, 2.05) is 0 Å². The van der Waals surface area contributed by atoms with Crippen molar-refractivity contribution in [1.29, 1.82) is 0 Å². The van der Waals surface area contributed by atoms with Crippen LogP contribution in [0.1, 0.15) is 0 Å². The van der Waals surface area contributed by atoms with E-state index in [4.69, 9.17) is 20.3 Å². The van der Waals surface area contributed by atoms with Gasteiger partial charge in [-0.3, -0.25) is 0 Å². The largest absolute Gasteiger partial charge is 0.382 e. The van der Waals surface area contributed by atoms with Gasteiger partial charge in [-0.25, -0.2) is 19.3 Å². The van der Waals surface area contributed by atoms with Crippen LogP contribution in [0.3, 0.4) is 0 Å². The fourth-order valence-electron chi connectivity index (χ4n) is 1.57. The molecule has 0 bridgehead atoms. The number of imidazole rings is 1. The van der Waals surface area contributed by atoms with Gasteiger partial charge in [-0.2, -0.15) is 0 Å². The number of hydrogen-bond donors (Lipinski definition) is 3. The van der Waals surface area contributed by atoms with E-state index in [-0.39, 0.29) is 18.7 Å². The molecule has 2 rings (SSSR count). The third-order valence-electron chi connectivity index (χ3n) is 2.43. The zero-order valence-electron chi connectivity index (χ0n) is 9.85. The molecule has 4 N–H and O–H groups in total. The quantitative estimate of drug-likeness (QED) is 0.641. The number of nitrogen functional groups attached to an aromatic ring is 1. The van der Waals surface area contributed by atoms with Gasteiger partial charge in [0.25, 0.3) is 0 Å². The van der Waals surface area contributed by atoms with Crippen LogP contribution in [0.15, 0.2) is 12.7 Å². The fraction of sp³-hybridized carbons (Fsp3) is 0.444. The van der Waals surface area contributed by atoms with Crippen LogP contribution in [-0.2, 0) is 11.3 Å². The van der Waals surface area contributed by atoms with Crippen molar-refractivity contribution >= 4 is 25.4 Å². The van der Waals surface area contributed by atoms with Crippen LogP contribution >= 0.6 is 8.38 Å². The Balaban J connectivity index is 2.13. The fourth-order valence-corrected chi connectivity index (χ4v) is 1.91. The monoisotopic (exact) mass is 289 g/mol. The first-order chi connectivity index (χ1) is 9.11. The second-order valence-electron chi connectivity index (χ2n) is 3.77. The highest BCUT2D eigenvalue weighted by atomic mass is 31.2. The Kier molecular flexibility index (Phi) is 4.54. The Hall–Kier alpha value is -1.41. The minimum Gasteiger partial charge on any atom is -0.382 e. The minimum atomic E-state index is -2.20. The van der Waals surface area contributed by atoms with Crippen molar-refractivity contribution in [1.82, 2.24) is 19.5 Å². The summed E-state index contributed by atoms with van der Waals surface area (Å²) in [5.41, 5.74) is 6.55. The maximum absolute atomic E-state index is 12.8. The van der Waals surface area contributed by atoms with Gasteiger partial charge >= 0.3 is 0 Å². The SMILES string of the molecule is Nc1ncnc2c1ncn2CC(CF)OCP(O)O. The number of hydrogen-bond acceptors (Lipinski definition) is 7. The number of alkyl halides is 1. The van der Waals surface area contributed by atoms with Crippen LogP contribution in [0.4, 0.5) is 10.2 Å². The maximum atomic E-state index is 12.8. The summed E-state index contributed by atoms with van der Waals surface area (Å²) in [5.74, 6) is 0.246. The van der Waals surface area contributed by atoms with Gasteiger partial charge in [0, 0.05) is 0 Å². The third kappa shape index (κ3) is 3.32. The molecule has 1 atom stereocenters. The summed E-state index contributed by atoms with van der Waals surface area (Å²) in [7, 11) is -2.20. The molecular formula is C9H13FN5O3P. The minimum absolute atomic E-state index is 0.145. The predicted molar refractivity (Wildman–Crippen MR) is 66.8 cm³/mol. The number of anilines is 1. The smallest absolute Gasteiger partial charge is 0.192 e. The van der Waals surface area contributed by atoms with Gasteiger partial charge in [0.1, 0.15) is 31.0 Å². The molecule has 0 spiro atoms. The van der Waals surface area contributed by atoms with Crippen molar-refractivity contribution in [3.05, 3.63) is 12.7 Å². The topological polar surface area (TPSA) is 119 Å². The van der Waals surface area contributed by atoms with E-state index in [9.17, 15) is 4.39 Å². The first kappa shape index (κ1) is 14.0. The normalized spacial score (nSPS) is 13.3. The van der Waals surface area contributed by atoms with Crippen LogP contribution < -0.4 is 5.73 Å². The van der Waals surface area contributed by atoms with Gasteiger partial charge in [-0.15, -0.1) is 0 Å². The van der Waals surface area contributed by atoms with Crippen LogP contribution in [0.25, 0.3) is 11.2 Å². The van der Waals surface area contributed by atoms with Crippen molar-refractivity contribution in [2.24, 2.45) is 0 Å². The molecule has 2 heterocycles. The van der Waals surface area contributed by atoms with E-state index in [0.717, 1.165) is 0 Å². The molecule has 2 aromatic rings. The molecular weight excluding hydrogens is 276 g/mol. The summed E-state index contributed by atoms with van der Waals surface area (Å²) in [4.78, 5) is 29.4. The van der Waals surface area contributed by atoms with Gasteiger partial charge in [0.05, 0.1) is 12.9 Å². The van der Waals surface area contributed by atoms with E-state index in [1.54, 1.807) is 4.57 Å². The van der Waals surface area contributed by atoms with Gasteiger partial charge in [-0.05, 0) is 0 Å². The van der Waals surface area contributed by atoms with E-state index in [1.165, 1.54) is 12.7 Å². The number of ether oxygens (including phenoxy) is 1. The Bertz CT molecular complexity index is 552. The molecule has 0 radical (unpaired) electrons. The molecule has 0 aromatic carbocycles. The highest BCUT2D eigenvalue weighted by molar-refractivity contribution is 7.44. The molecule has 19 heavy (non-hydrogen) atoms. The lowest BCUT2D eigenvalue weighted by Crippen LogP contribution is -2.22. The lowest BCUT2D eigenvalue weighted by atomic mass is 10.4. The molecule has 0 fully saturated rings. The predicted octanol–water partition coefficient (Wildman–Crippen LogP) is 0.0172. The molecule has 0 amide bonds. The molecule has 1 unspecified atom stereocenters. The average Bonchev–Trinajstić information content (AvgIpc) is 2.79. The number of aromatic nitrogens is 4. The van der Waals surface area contributed by atoms with Gasteiger partial charge in [0.2, 0.25) is 0 Å². The highest BCUT2D eigenvalue weighted by Crippen LogP contribution is 2.23. The van der Waals surface area contributed by atoms with Crippen LogP contribution in [-0.4, -0.2) is 48.4 Å². The molecule has 0 aliphatic carbocycles. The van der Waals surface area contributed by atoms with Crippen LogP contribution in [0.2, 0.25) is 0 Å². The second kappa shape index (κ2) is 6.16. The Morgan fingerprint density at radius 2 is 2.21 bits per heavy atom. The Morgan fingerprint density at radius 3 is 2.89 bits per heavy atom. The van der Waals surface area contributed by atoms with E-state index < -0.39 is 21.2 Å². The second-order valence-corrected chi connectivity index (χ2v) is 4.78. The molecule has 0 aliphatic rings. The summed E-state index contributed by atoms with van der Waals surface area (Å²) >= 11 is 0. The first-order valence-corrected chi connectivity index (χ1v) is 6.79. The van der Waals surface area contributed by atoms with Crippen molar-refractivity contribution in [3.63, 3.8) is 0 Å². The maximum Gasteiger partial charge on any atom is 0.192 e. The van der Waals surface area contributed by atoms with Crippen molar-refractivity contribution < 1.29 is 18.9 Å². The number of nitrogens with two attached hydrogens (primary N) is 1. The lowest BCUT2D eigenvalue weighted by Gasteiger charge is -2.15. The number of fused-ring (bicyclic) bond motifs is 1. The van der Waals surface area contributed by atoms with Gasteiger partial charge in [0.15, 0.2) is 19.8 Å². The van der Waals surface area contributed by atoms with Gasteiger partial charge in [-0.1, -0.05) is 0 Å². The molecule has 8 nitrogen and oxygen atoms in total. The molecule has 104 valence electrons. The summed E-state index contributed by atoms with van der Waals surface area (Å²) in [6.45, 7) is -0.615. The van der Waals surface area contributed by atoms with E-state index >= 15 is 0 Å². The van der Waals surface area contributed by atoms with Crippen LogP contribution in [0, 0.1) is 0 Å². The van der Waals surface area contributed by atoms with Crippen molar-refractivity contribution in [3.8, 4) is 0 Å². The van der Waals surface area contributed by atoms with Crippen molar-refractivity contribution in [2.45, 2.75) is 12.6 Å². The highest BCUT2D eigenvalue weighted by Gasteiger charge is 2.15. The summed E-state index contributed by atoms with van der Waals surface area (Å²) < 4.78 is 19.4. The molecule has 0 saturated carbocycles. The zero-order chi connectivity index (χ0) is 13.8. The van der Waals surface area contributed by atoms with Crippen LogP contribution in [0.5, 0.6) is 0 Å². The number of halogens is 1. The molecule has 10 heteroatoms. The molecule has 0 aliphatic heterocycles. The zero-order valence-corrected chi connectivity index (χ0v) is 10.7. The van der Waals surface area contributed by atoms with Gasteiger partial charge < -0.3 is 24.8 Å². The molecule has 2 aromatic heterocycles. The van der Waals surface area contributed by atoms with Crippen molar-refractivity contribution in [2.75, 3.05) is 18.8 Å². The Morgan fingerprint density at radius 1 is 1.42 bits per heavy atom. The van der Waals surface area contributed by atoms with E-state index in [0.29, 0.717) is 11.2 Å². The third-order valence-corrected chi connectivity index (χ3v) is 2.81. The first-order valence-electron chi connectivity index (χ1n) is 5.36. The summed E-state index contributed by atoms with van der Waals surface area (Å²) in [6.07, 6.45) is 1.65. The summed E-state index contributed by atoms with van der Waals surface area (Å²) in [5, 5.41) is 0. The van der Waals surface area contributed by atoms with E-state index in [2.05, 4.69) is 15.0 Å². The Labute approximate surface area is 109 Å².